The van der Waals surface area contributed by atoms with Crippen molar-refractivity contribution in [2.45, 2.75) is 12.8 Å². The molecular weight excluding hydrogens is 241 g/mol. The van der Waals surface area contributed by atoms with Gasteiger partial charge in [0, 0.05) is 18.0 Å². The van der Waals surface area contributed by atoms with Gasteiger partial charge >= 0.3 is 0 Å². The lowest BCUT2D eigenvalue weighted by Crippen LogP contribution is -1.92. The van der Waals surface area contributed by atoms with Crippen LogP contribution in [0.1, 0.15) is 24.0 Å². The van der Waals surface area contributed by atoms with Crippen molar-refractivity contribution in [1.29, 1.82) is 10.5 Å². The van der Waals surface area contributed by atoms with Gasteiger partial charge in [0.2, 0.25) is 0 Å². The van der Waals surface area contributed by atoms with Gasteiger partial charge in [-0.05, 0) is 36.2 Å². The third kappa shape index (κ3) is 2.59. The highest BCUT2D eigenvalue weighted by Crippen LogP contribution is 2.24. The van der Waals surface area contributed by atoms with E-state index in [-0.39, 0.29) is 11.5 Å². The van der Waals surface area contributed by atoms with Crippen LogP contribution in [0.2, 0.25) is 0 Å². The van der Waals surface area contributed by atoms with Gasteiger partial charge in [0.15, 0.2) is 0 Å². The molecule has 0 radical (unpaired) electrons. The molecule has 0 N–H and O–H groups in total. The zero-order valence-electron chi connectivity index (χ0n) is 10.3. The van der Waals surface area contributed by atoms with Crippen molar-refractivity contribution >= 4 is 0 Å². The molecular formula is C15H10FN3. The number of nitriles is 2. The second kappa shape index (κ2) is 5.29. The summed E-state index contributed by atoms with van der Waals surface area (Å²) < 4.78 is 13.6. The number of hydrogen-bond acceptors (Lipinski definition) is 3. The van der Waals surface area contributed by atoms with E-state index in [0.29, 0.717) is 5.56 Å². The first-order valence-electron chi connectivity index (χ1n) is 5.70. The highest BCUT2D eigenvalue weighted by atomic mass is 19.1. The Hall–Kier alpha value is -2.72. The Balaban J connectivity index is 2.46. The van der Waals surface area contributed by atoms with Gasteiger partial charge in [-0.3, -0.25) is 4.98 Å². The Morgan fingerprint density at radius 3 is 2.58 bits per heavy atom. The fraction of sp³-hybridized carbons (Fsp3) is 0.133. The van der Waals surface area contributed by atoms with E-state index in [2.05, 4.69) is 11.1 Å². The van der Waals surface area contributed by atoms with Crippen LogP contribution in [0.15, 0.2) is 36.7 Å². The third-order valence-electron chi connectivity index (χ3n) is 2.88. The summed E-state index contributed by atoms with van der Waals surface area (Å²) in [6.07, 6.45) is 3.23. The normalized spacial score (nSPS) is 11.4. The fourth-order valence-corrected chi connectivity index (χ4v) is 1.71. The van der Waals surface area contributed by atoms with Gasteiger partial charge in [-0.15, -0.1) is 0 Å². The van der Waals surface area contributed by atoms with Gasteiger partial charge in [0.05, 0.1) is 17.6 Å². The molecule has 19 heavy (non-hydrogen) atoms. The monoisotopic (exact) mass is 251 g/mol. The Bertz CT molecular complexity index is 695. The summed E-state index contributed by atoms with van der Waals surface area (Å²) in [5, 5.41) is 17.6. The topological polar surface area (TPSA) is 60.5 Å². The zero-order chi connectivity index (χ0) is 13.8. The molecule has 0 amide bonds. The quantitative estimate of drug-likeness (QED) is 0.821. The summed E-state index contributed by atoms with van der Waals surface area (Å²) in [6.45, 7) is 1.78. The predicted molar refractivity (Wildman–Crippen MR) is 68.4 cm³/mol. The maximum atomic E-state index is 13.6. The summed E-state index contributed by atoms with van der Waals surface area (Å²) in [5.74, 6) is -0.825. The number of benzene rings is 1. The summed E-state index contributed by atoms with van der Waals surface area (Å²) in [4.78, 5) is 4.06. The summed E-state index contributed by atoms with van der Waals surface area (Å²) >= 11 is 0. The Kier molecular flexibility index (Phi) is 3.54. The van der Waals surface area contributed by atoms with Crippen molar-refractivity contribution in [2.24, 2.45) is 0 Å². The average molecular weight is 251 g/mol. The first-order valence-corrected chi connectivity index (χ1v) is 5.70. The van der Waals surface area contributed by atoms with Crippen molar-refractivity contribution in [1.82, 2.24) is 4.98 Å². The van der Waals surface area contributed by atoms with E-state index in [1.54, 1.807) is 31.5 Å². The number of nitrogens with zero attached hydrogens (tertiary/aromatic N) is 3. The lowest BCUT2D eigenvalue weighted by molar-refractivity contribution is 0.624. The molecule has 0 bridgehead atoms. The van der Waals surface area contributed by atoms with Crippen LogP contribution in [0.3, 0.4) is 0 Å². The van der Waals surface area contributed by atoms with Gasteiger partial charge in [-0.25, -0.2) is 4.39 Å². The number of aromatic nitrogens is 1. The molecule has 92 valence electrons. The van der Waals surface area contributed by atoms with Crippen molar-refractivity contribution in [3.05, 3.63) is 53.6 Å². The molecule has 0 aliphatic rings. The lowest BCUT2D eigenvalue weighted by Gasteiger charge is -2.06. The van der Waals surface area contributed by atoms with Crippen molar-refractivity contribution < 1.29 is 4.39 Å². The molecule has 1 aromatic carbocycles. The second-order valence-electron chi connectivity index (χ2n) is 4.16. The SMILES string of the molecule is CC(C#N)c1cncc(-c2ccc(C#N)c(F)c2)c1. The van der Waals surface area contributed by atoms with E-state index in [9.17, 15) is 4.39 Å². The van der Waals surface area contributed by atoms with Crippen LogP contribution >= 0.6 is 0 Å². The zero-order valence-corrected chi connectivity index (χ0v) is 10.3. The van der Waals surface area contributed by atoms with E-state index in [0.717, 1.165) is 11.1 Å². The van der Waals surface area contributed by atoms with Crippen LogP contribution < -0.4 is 0 Å². The second-order valence-corrected chi connectivity index (χ2v) is 4.16. The van der Waals surface area contributed by atoms with Crippen LogP contribution in [0, 0.1) is 28.5 Å². The van der Waals surface area contributed by atoms with Gasteiger partial charge in [0.1, 0.15) is 11.9 Å². The molecule has 0 saturated heterocycles. The maximum absolute atomic E-state index is 13.6. The highest BCUT2D eigenvalue weighted by Gasteiger charge is 2.08. The van der Waals surface area contributed by atoms with Gasteiger partial charge < -0.3 is 0 Å². The third-order valence-corrected chi connectivity index (χ3v) is 2.88. The average Bonchev–Trinajstić information content (AvgIpc) is 2.46. The Morgan fingerprint density at radius 1 is 1.16 bits per heavy atom. The van der Waals surface area contributed by atoms with E-state index in [1.165, 1.54) is 12.1 Å². The minimum atomic E-state index is -0.557. The minimum absolute atomic E-state index is 0.0123. The van der Waals surface area contributed by atoms with Gasteiger partial charge in [0.25, 0.3) is 0 Å². The number of hydrogen-bond donors (Lipinski definition) is 0. The largest absolute Gasteiger partial charge is 0.264 e. The molecule has 0 aliphatic heterocycles. The number of pyridine rings is 1. The standard InChI is InChI=1S/C15H10FN3/c1-10(6-17)13-4-14(9-19-8-13)11-2-3-12(7-18)15(16)5-11/h2-5,8-10H,1H3. The summed E-state index contributed by atoms with van der Waals surface area (Å²) in [5.41, 5.74) is 2.15. The van der Waals surface area contributed by atoms with Crippen molar-refractivity contribution in [3.63, 3.8) is 0 Å². The first kappa shape index (κ1) is 12.7. The van der Waals surface area contributed by atoms with Crippen LogP contribution in [0.5, 0.6) is 0 Å². The molecule has 1 heterocycles. The van der Waals surface area contributed by atoms with Crippen LogP contribution in [-0.2, 0) is 0 Å². The van der Waals surface area contributed by atoms with Crippen LogP contribution in [-0.4, -0.2) is 4.98 Å². The van der Waals surface area contributed by atoms with E-state index in [1.807, 2.05) is 6.07 Å². The molecule has 3 nitrogen and oxygen atoms in total. The number of rotatable bonds is 2. The molecule has 1 aromatic heterocycles. The first-order chi connectivity index (χ1) is 9.15. The fourth-order valence-electron chi connectivity index (χ4n) is 1.71. The highest BCUT2D eigenvalue weighted by molar-refractivity contribution is 5.64. The predicted octanol–water partition coefficient (Wildman–Crippen LogP) is 3.39. The Labute approximate surface area is 110 Å². The molecule has 2 aromatic rings. The van der Waals surface area contributed by atoms with E-state index < -0.39 is 5.82 Å². The summed E-state index contributed by atoms with van der Waals surface area (Å²) in [7, 11) is 0. The lowest BCUT2D eigenvalue weighted by atomic mass is 9.99. The van der Waals surface area contributed by atoms with Crippen LogP contribution in [0.4, 0.5) is 4.39 Å². The molecule has 0 saturated carbocycles. The van der Waals surface area contributed by atoms with Crippen LogP contribution in [0.25, 0.3) is 11.1 Å². The molecule has 1 unspecified atom stereocenters. The Morgan fingerprint density at radius 2 is 1.95 bits per heavy atom. The van der Waals surface area contributed by atoms with E-state index >= 15 is 0 Å². The minimum Gasteiger partial charge on any atom is -0.264 e. The maximum Gasteiger partial charge on any atom is 0.141 e. The molecule has 1 atom stereocenters. The molecule has 0 fully saturated rings. The van der Waals surface area contributed by atoms with Crippen molar-refractivity contribution in [3.8, 4) is 23.3 Å². The summed E-state index contributed by atoms with van der Waals surface area (Å²) in [6, 6.07) is 10.1. The van der Waals surface area contributed by atoms with Gasteiger partial charge in [-0.1, -0.05) is 6.07 Å². The smallest absolute Gasteiger partial charge is 0.141 e. The molecule has 0 spiro atoms. The molecule has 2 rings (SSSR count). The van der Waals surface area contributed by atoms with Gasteiger partial charge in [-0.2, -0.15) is 10.5 Å². The number of halogens is 1. The molecule has 0 aliphatic carbocycles. The van der Waals surface area contributed by atoms with E-state index in [4.69, 9.17) is 10.5 Å². The van der Waals surface area contributed by atoms with Crippen molar-refractivity contribution in [2.75, 3.05) is 0 Å². The molecule has 4 heteroatoms.